The summed E-state index contributed by atoms with van der Waals surface area (Å²) in [6.45, 7) is 4.29. The maximum atomic E-state index is 12.6. The molecule has 4 aromatic rings. The zero-order chi connectivity index (χ0) is 22.5. The molecule has 3 N–H and O–H groups in total. The zero-order valence-corrected chi connectivity index (χ0v) is 19.1. The van der Waals surface area contributed by atoms with Gasteiger partial charge in [0.25, 0.3) is 11.8 Å². The van der Waals surface area contributed by atoms with Crippen LogP contribution in [0.25, 0.3) is 0 Å². The van der Waals surface area contributed by atoms with Gasteiger partial charge in [-0.25, -0.2) is 4.98 Å². The summed E-state index contributed by atoms with van der Waals surface area (Å²) in [4.78, 5) is 29.8. The van der Waals surface area contributed by atoms with Crippen LogP contribution in [0, 0.1) is 4.77 Å². The molecule has 162 valence electrons. The van der Waals surface area contributed by atoms with Crippen molar-refractivity contribution in [3.05, 3.63) is 86.5 Å². The molecule has 0 saturated heterocycles. The normalized spacial score (nSPS) is 10.6. The van der Waals surface area contributed by atoms with E-state index in [2.05, 4.69) is 32.4 Å². The van der Waals surface area contributed by atoms with Gasteiger partial charge in [0.2, 0.25) is 0 Å². The molecule has 2 amide bonds. The minimum Gasteiger partial charge on any atom is -0.321 e. The van der Waals surface area contributed by atoms with Gasteiger partial charge in [-0.1, -0.05) is 12.1 Å². The van der Waals surface area contributed by atoms with Crippen LogP contribution in [0.15, 0.2) is 59.8 Å². The maximum absolute atomic E-state index is 12.6. The fourth-order valence-electron chi connectivity index (χ4n) is 2.88. The first-order valence-corrected chi connectivity index (χ1v) is 11.7. The summed E-state index contributed by atoms with van der Waals surface area (Å²) >= 11 is 7.93. The van der Waals surface area contributed by atoms with Crippen molar-refractivity contribution in [2.24, 2.45) is 0 Å². The van der Waals surface area contributed by atoms with Crippen LogP contribution >= 0.6 is 34.9 Å². The molecule has 0 bridgehead atoms. The summed E-state index contributed by atoms with van der Waals surface area (Å²) in [5, 5.41) is 16.8. The molecule has 0 spiro atoms. The third-order valence-corrected chi connectivity index (χ3v) is 6.40. The van der Waals surface area contributed by atoms with E-state index in [1.165, 1.54) is 22.7 Å². The Hall–Kier alpha value is -3.41. The Labute approximate surface area is 196 Å². The van der Waals surface area contributed by atoms with Gasteiger partial charge >= 0.3 is 0 Å². The topological polar surface area (TPSA) is 105 Å². The number of aromatic nitrogens is 4. The molecule has 32 heavy (non-hydrogen) atoms. The fourth-order valence-corrected chi connectivity index (χ4v) is 4.43. The Morgan fingerprint density at radius 1 is 1.16 bits per heavy atom. The second-order valence-corrected chi connectivity index (χ2v) is 8.82. The van der Waals surface area contributed by atoms with Crippen LogP contribution in [0.4, 0.5) is 10.8 Å². The number of hydrogen-bond acceptors (Lipinski definition) is 7. The Balaban J connectivity index is 1.37. The van der Waals surface area contributed by atoms with Gasteiger partial charge in [-0.3, -0.25) is 24.6 Å². The second-order valence-electron chi connectivity index (χ2n) is 6.63. The summed E-state index contributed by atoms with van der Waals surface area (Å²) in [5.41, 5.74) is 1.85. The molecule has 0 aliphatic heterocycles. The lowest BCUT2D eigenvalue weighted by molar-refractivity contribution is 0.102. The van der Waals surface area contributed by atoms with Crippen molar-refractivity contribution in [1.82, 2.24) is 19.7 Å². The van der Waals surface area contributed by atoms with Crippen molar-refractivity contribution in [3.63, 3.8) is 0 Å². The van der Waals surface area contributed by atoms with Gasteiger partial charge < -0.3 is 5.32 Å². The number of benzene rings is 1. The highest BCUT2D eigenvalue weighted by Gasteiger charge is 2.13. The van der Waals surface area contributed by atoms with Gasteiger partial charge in [0.15, 0.2) is 9.90 Å². The number of allylic oxidation sites excluding steroid dienone is 1. The van der Waals surface area contributed by atoms with E-state index < -0.39 is 0 Å². The number of hydrogen-bond donors (Lipinski definition) is 3. The molecule has 8 nitrogen and oxygen atoms in total. The van der Waals surface area contributed by atoms with Crippen molar-refractivity contribution >= 4 is 57.5 Å². The lowest BCUT2D eigenvalue weighted by Gasteiger charge is -2.06. The van der Waals surface area contributed by atoms with Gasteiger partial charge in [0.05, 0.1) is 17.0 Å². The van der Waals surface area contributed by atoms with Gasteiger partial charge in [0.1, 0.15) is 5.82 Å². The molecule has 0 radical (unpaired) electrons. The van der Waals surface area contributed by atoms with Crippen LogP contribution in [0.1, 0.15) is 31.5 Å². The van der Waals surface area contributed by atoms with Crippen LogP contribution in [-0.2, 0) is 13.0 Å². The average molecular weight is 483 g/mol. The van der Waals surface area contributed by atoms with Crippen molar-refractivity contribution in [3.8, 4) is 0 Å². The van der Waals surface area contributed by atoms with Gasteiger partial charge in [0, 0.05) is 23.2 Å². The highest BCUT2D eigenvalue weighted by molar-refractivity contribution is 7.71. The van der Waals surface area contributed by atoms with Crippen molar-refractivity contribution in [2.45, 2.75) is 13.0 Å². The van der Waals surface area contributed by atoms with E-state index in [9.17, 15) is 9.59 Å². The Bertz CT molecular complexity index is 1300. The quantitative estimate of drug-likeness (QED) is 0.249. The number of thiophene rings is 1. The Morgan fingerprint density at radius 2 is 1.97 bits per heavy atom. The maximum Gasteiger partial charge on any atom is 0.265 e. The van der Waals surface area contributed by atoms with Crippen molar-refractivity contribution < 1.29 is 9.59 Å². The number of nitrogens with one attached hydrogen (secondary N) is 3. The molecule has 0 aliphatic carbocycles. The number of amides is 2. The first kappa shape index (κ1) is 21.8. The van der Waals surface area contributed by atoms with E-state index in [0.29, 0.717) is 39.0 Å². The molecule has 1 aromatic carbocycles. The molecule has 0 saturated carbocycles. The molecular formula is C21H18N6O2S3. The molecule has 11 heteroatoms. The van der Waals surface area contributed by atoms with E-state index in [1.807, 2.05) is 21.4 Å². The lowest BCUT2D eigenvalue weighted by atomic mass is 10.2. The molecule has 0 aliphatic rings. The van der Waals surface area contributed by atoms with Crippen LogP contribution in [-0.4, -0.2) is 31.6 Å². The molecule has 3 aromatic heterocycles. The van der Waals surface area contributed by atoms with E-state index in [0.717, 1.165) is 11.5 Å². The van der Waals surface area contributed by atoms with E-state index in [4.69, 9.17) is 12.2 Å². The van der Waals surface area contributed by atoms with Gasteiger partial charge in [-0.05, 0) is 47.9 Å². The highest BCUT2D eigenvalue weighted by atomic mass is 32.1. The van der Waals surface area contributed by atoms with Gasteiger partial charge in [-0.15, -0.1) is 29.3 Å². The van der Waals surface area contributed by atoms with E-state index >= 15 is 0 Å². The minimum absolute atomic E-state index is 0.179. The number of anilines is 2. The SMILES string of the molecule is C=CCn1c(Cc2csc(NC(=O)c3ccc(NC(=O)c4cccs4)cc3)n2)n[nH]c1=S. The van der Waals surface area contributed by atoms with E-state index in [-0.39, 0.29) is 11.8 Å². The number of rotatable bonds is 8. The molecule has 0 fully saturated rings. The molecular weight excluding hydrogens is 464 g/mol. The second kappa shape index (κ2) is 9.81. The summed E-state index contributed by atoms with van der Waals surface area (Å²) < 4.78 is 2.37. The van der Waals surface area contributed by atoms with Crippen LogP contribution in [0.3, 0.4) is 0 Å². The largest absolute Gasteiger partial charge is 0.321 e. The standard InChI is InChI=1S/C21H18N6O2S3/c1-2-9-27-17(25-26-21(27)30)11-15-12-32-20(23-15)24-18(28)13-5-7-14(8-6-13)22-19(29)16-4-3-10-31-16/h2-8,10,12H,1,9,11H2,(H,22,29)(H,26,30)(H,23,24,28). The summed E-state index contributed by atoms with van der Waals surface area (Å²) in [5.74, 6) is 0.289. The van der Waals surface area contributed by atoms with Gasteiger partial charge in [-0.2, -0.15) is 5.10 Å². The van der Waals surface area contributed by atoms with Crippen molar-refractivity contribution in [1.29, 1.82) is 0 Å². The number of nitrogens with zero attached hydrogens (tertiary/aromatic N) is 3. The number of H-pyrrole nitrogens is 1. The smallest absolute Gasteiger partial charge is 0.265 e. The predicted molar refractivity (Wildman–Crippen MR) is 129 cm³/mol. The van der Waals surface area contributed by atoms with Crippen LogP contribution in [0.2, 0.25) is 0 Å². The highest BCUT2D eigenvalue weighted by Crippen LogP contribution is 2.20. The summed E-state index contributed by atoms with van der Waals surface area (Å²) in [7, 11) is 0. The molecule has 3 heterocycles. The first-order chi connectivity index (χ1) is 15.5. The lowest BCUT2D eigenvalue weighted by Crippen LogP contribution is -2.13. The first-order valence-electron chi connectivity index (χ1n) is 9.49. The average Bonchev–Trinajstić information content (AvgIpc) is 3.53. The molecule has 0 unspecified atom stereocenters. The monoisotopic (exact) mass is 482 g/mol. The Kier molecular flexibility index (Phi) is 6.69. The molecule has 4 rings (SSSR count). The predicted octanol–water partition coefficient (Wildman–Crippen LogP) is 4.74. The number of carbonyl (C=O) groups is 2. The summed E-state index contributed by atoms with van der Waals surface area (Å²) in [6, 6.07) is 10.3. The zero-order valence-electron chi connectivity index (χ0n) is 16.7. The summed E-state index contributed by atoms with van der Waals surface area (Å²) in [6.07, 6.45) is 2.23. The Morgan fingerprint density at radius 3 is 2.69 bits per heavy atom. The van der Waals surface area contributed by atoms with Crippen LogP contribution in [0.5, 0.6) is 0 Å². The molecule has 0 atom stereocenters. The fraction of sp³-hybridized carbons (Fsp3) is 0.0952. The number of thiazole rings is 1. The number of carbonyl (C=O) groups excluding carboxylic acids is 2. The van der Waals surface area contributed by atoms with E-state index in [1.54, 1.807) is 36.4 Å². The third-order valence-electron chi connectivity index (χ3n) is 4.41. The third kappa shape index (κ3) is 5.07. The van der Waals surface area contributed by atoms with Crippen LogP contribution < -0.4 is 10.6 Å². The van der Waals surface area contributed by atoms with Crippen molar-refractivity contribution in [2.75, 3.05) is 10.6 Å². The number of aromatic amines is 1. The minimum atomic E-state index is -0.281.